The molecule has 1 saturated carbocycles. The van der Waals surface area contributed by atoms with Gasteiger partial charge in [-0.2, -0.15) is 0 Å². The maximum atomic E-state index is 13.9. The van der Waals surface area contributed by atoms with Crippen LogP contribution in [-0.2, 0) is 0 Å². The number of piperidine rings is 1. The summed E-state index contributed by atoms with van der Waals surface area (Å²) in [5, 5.41) is 5.59. The molecule has 2 aliphatic rings. The van der Waals surface area contributed by atoms with Crippen molar-refractivity contribution in [3.63, 3.8) is 0 Å². The number of likely N-dealkylation sites (tertiary alicyclic amines) is 1. The van der Waals surface area contributed by atoms with Crippen LogP contribution >= 0.6 is 34.5 Å². The van der Waals surface area contributed by atoms with Crippen LogP contribution in [0.3, 0.4) is 0 Å². The summed E-state index contributed by atoms with van der Waals surface area (Å²) in [6, 6.07) is 14.8. The second-order valence-corrected chi connectivity index (χ2v) is 11.3. The zero-order valence-corrected chi connectivity index (χ0v) is 21.7. The molecule has 2 aromatic heterocycles. The molecule has 2 fully saturated rings. The lowest BCUT2D eigenvalue weighted by atomic mass is 10.1. The maximum Gasteiger partial charge on any atom is 0.274 e. The molecular formula is C27H22Cl2N4O2S. The standard InChI is InChI=1S/C27H22Cl2N4O2S/c1-14-32-24(25(36-14)18-7-3-9-20(28)22(18)29)27(35)33-17(11-16-12-21(16)33)13-31-26(34)19-8-2-5-15-6-4-10-30-23(15)19/h2-10,16-17,21H,11-13H2,1H3,(H,31,34)/t16?,17?,21-/m0/s1. The first-order valence-electron chi connectivity index (χ1n) is 11.8. The molecule has 0 radical (unpaired) electrons. The number of aryl methyl sites for hydroxylation is 1. The van der Waals surface area contributed by atoms with E-state index < -0.39 is 0 Å². The molecule has 1 aliphatic heterocycles. The molecule has 0 bridgehead atoms. The van der Waals surface area contributed by atoms with Crippen molar-refractivity contribution in [2.45, 2.75) is 31.8 Å². The van der Waals surface area contributed by atoms with Gasteiger partial charge in [-0.15, -0.1) is 11.3 Å². The highest BCUT2D eigenvalue weighted by molar-refractivity contribution is 7.15. The number of amides is 2. The largest absolute Gasteiger partial charge is 0.350 e. The number of hydrogen-bond donors (Lipinski definition) is 1. The van der Waals surface area contributed by atoms with Gasteiger partial charge in [0.15, 0.2) is 0 Å². The molecule has 3 heterocycles. The van der Waals surface area contributed by atoms with Crippen LogP contribution in [0, 0.1) is 12.8 Å². The number of nitrogens with zero attached hydrogens (tertiary/aromatic N) is 3. The van der Waals surface area contributed by atoms with E-state index in [1.165, 1.54) is 11.3 Å². The van der Waals surface area contributed by atoms with E-state index in [4.69, 9.17) is 23.2 Å². The number of aromatic nitrogens is 2. The van der Waals surface area contributed by atoms with E-state index in [1.54, 1.807) is 18.3 Å². The van der Waals surface area contributed by atoms with Gasteiger partial charge in [0.05, 0.1) is 37.1 Å². The quantitative estimate of drug-likeness (QED) is 0.339. The summed E-state index contributed by atoms with van der Waals surface area (Å²) in [6.45, 7) is 2.25. The Labute approximate surface area is 222 Å². The molecule has 9 heteroatoms. The van der Waals surface area contributed by atoms with Gasteiger partial charge >= 0.3 is 0 Å². The Balaban J connectivity index is 1.25. The predicted molar refractivity (Wildman–Crippen MR) is 143 cm³/mol. The summed E-state index contributed by atoms with van der Waals surface area (Å²) in [5.41, 5.74) is 2.30. The molecule has 36 heavy (non-hydrogen) atoms. The lowest BCUT2D eigenvalue weighted by Crippen LogP contribution is -2.45. The minimum atomic E-state index is -0.192. The molecule has 6 nitrogen and oxygen atoms in total. The van der Waals surface area contributed by atoms with Crippen molar-refractivity contribution >= 4 is 57.3 Å². The first kappa shape index (κ1) is 23.4. The fourth-order valence-electron chi connectivity index (χ4n) is 5.21. The van der Waals surface area contributed by atoms with Crippen molar-refractivity contribution in [1.82, 2.24) is 20.2 Å². The minimum Gasteiger partial charge on any atom is -0.350 e. The Morgan fingerprint density at radius 3 is 2.78 bits per heavy atom. The molecule has 4 aromatic rings. The minimum absolute atomic E-state index is 0.0992. The van der Waals surface area contributed by atoms with Crippen LogP contribution in [0.4, 0.5) is 0 Å². The summed E-state index contributed by atoms with van der Waals surface area (Å²) < 4.78 is 0. The van der Waals surface area contributed by atoms with Crippen LogP contribution in [0.1, 0.15) is 38.7 Å². The number of pyridine rings is 1. The van der Waals surface area contributed by atoms with E-state index in [0.717, 1.165) is 28.1 Å². The Hall–Kier alpha value is -3.00. The van der Waals surface area contributed by atoms with Crippen molar-refractivity contribution in [1.29, 1.82) is 0 Å². The number of halogens is 2. The SMILES string of the molecule is Cc1nc(C(=O)N2C(CNC(=O)c3cccc4cccnc34)CC3C[C@@H]32)c(-c2cccc(Cl)c2Cl)s1. The number of para-hydroxylation sites is 1. The zero-order valence-electron chi connectivity index (χ0n) is 19.4. The van der Waals surface area contributed by atoms with Crippen molar-refractivity contribution in [2.75, 3.05) is 6.54 Å². The Kier molecular flexibility index (Phi) is 5.94. The third kappa shape index (κ3) is 4.05. The topological polar surface area (TPSA) is 75.2 Å². The number of fused-ring (bicyclic) bond motifs is 2. The molecular weight excluding hydrogens is 515 g/mol. The van der Waals surface area contributed by atoms with Crippen molar-refractivity contribution < 1.29 is 9.59 Å². The van der Waals surface area contributed by atoms with Crippen LogP contribution in [0.2, 0.25) is 10.0 Å². The molecule has 0 spiro atoms. The second-order valence-electron chi connectivity index (χ2n) is 9.27. The second kappa shape index (κ2) is 9.14. The average Bonchev–Trinajstić information content (AvgIpc) is 3.38. The van der Waals surface area contributed by atoms with Gasteiger partial charge in [-0.3, -0.25) is 14.6 Å². The number of carbonyl (C=O) groups excluding carboxylic acids is 2. The Morgan fingerprint density at radius 1 is 1.11 bits per heavy atom. The number of carbonyl (C=O) groups is 2. The van der Waals surface area contributed by atoms with E-state index in [9.17, 15) is 9.59 Å². The highest BCUT2D eigenvalue weighted by Crippen LogP contribution is 2.49. The summed E-state index contributed by atoms with van der Waals surface area (Å²) in [6.07, 6.45) is 3.53. The monoisotopic (exact) mass is 536 g/mol. The smallest absolute Gasteiger partial charge is 0.274 e. The maximum absolute atomic E-state index is 13.9. The molecule has 6 rings (SSSR count). The van der Waals surface area contributed by atoms with Gasteiger partial charge in [-0.1, -0.05) is 53.5 Å². The lowest BCUT2D eigenvalue weighted by Gasteiger charge is -2.27. The van der Waals surface area contributed by atoms with Crippen LogP contribution in [-0.4, -0.2) is 45.3 Å². The molecule has 182 valence electrons. The molecule has 2 unspecified atom stereocenters. The van der Waals surface area contributed by atoms with Gasteiger partial charge in [-0.25, -0.2) is 4.98 Å². The number of rotatable bonds is 5. The number of hydrogen-bond acceptors (Lipinski definition) is 5. The van der Waals surface area contributed by atoms with Gasteiger partial charge in [0.1, 0.15) is 5.69 Å². The van der Waals surface area contributed by atoms with Gasteiger partial charge in [-0.05, 0) is 43.9 Å². The van der Waals surface area contributed by atoms with Crippen LogP contribution in [0.15, 0.2) is 54.7 Å². The van der Waals surface area contributed by atoms with E-state index in [0.29, 0.717) is 44.8 Å². The first-order chi connectivity index (χ1) is 17.4. The fourth-order valence-corrected chi connectivity index (χ4v) is 6.60. The lowest BCUT2D eigenvalue weighted by molar-refractivity contribution is 0.0684. The fraction of sp³-hybridized carbons (Fsp3) is 0.259. The van der Waals surface area contributed by atoms with Crippen molar-refractivity contribution in [3.05, 3.63) is 81.0 Å². The average molecular weight is 537 g/mol. The number of thiazole rings is 1. The summed E-state index contributed by atoms with van der Waals surface area (Å²) in [4.78, 5) is 38.6. The van der Waals surface area contributed by atoms with Gasteiger partial charge in [0, 0.05) is 29.7 Å². The molecule has 1 N–H and O–H groups in total. The van der Waals surface area contributed by atoms with Crippen LogP contribution < -0.4 is 5.32 Å². The van der Waals surface area contributed by atoms with Crippen LogP contribution in [0.5, 0.6) is 0 Å². The highest BCUT2D eigenvalue weighted by Gasteiger charge is 2.54. The summed E-state index contributed by atoms with van der Waals surface area (Å²) >= 11 is 14.2. The van der Waals surface area contributed by atoms with Gasteiger partial charge < -0.3 is 10.2 Å². The van der Waals surface area contributed by atoms with E-state index in [-0.39, 0.29) is 23.9 Å². The van der Waals surface area contributed by atoms with Crippen molar-refractivity contribution in [3.8, 4) is 10.4 Å². The normalized spacial score (nSPS) is 20.4. The number of nitrogens with one attached hydrogen (secondary N) is 1. The first-order valence-corrected chi connectivity index (χ1v) is 13.4. The van der Waals surface area contributed by atoms with Crippen molar-refractivity contribution in [2.24, 2.45) is 5.92 Å². The Bertz CT molecular complexity index is 1520. The highest BCUT2D eigenvalue weighted by atomic mass is 35.5. The summed E-state index contributed by atoms with van der Waals surface area (Å²) in [5.74, 6) is 0.151. The predicted octanol–water partition coefficient (Wildman–Crippen LogP) is 6.01. The zero-order chi connectivity index (χ0) is 25.0. The van der Waals surface area contributed by atoms with Gasteiger partial charge in [0.2, 0.25) is 0 Å². The van der Waals surface area contributed by atoms with Crippen LogP contribution in [0.25, 0.3) is 21.3 Å². The van der Waals surface area contributed by atoms with E-state index in [1.807, 2.05) is 48.2 Å². The summed E-state index contributed by atoms with van der Waals surface area (Å²) in [7, 11) is 0. The van der Waals surface area contributed by atoms with E-state index >= 15 is 0 Å². The van der Waals surface area contributed by atoms with Gasteiger partial charge in [0.25, 0.3) is 11.8 Å². The molecule has 2 amide bonds. The van der Waals surface area contributed by atoms with E-state index in [2.05, 4.69) is 15.3 Å². The molecule has 1 saturated heterocycles. The Morgan fingerprint density at radius 2 is 1.92 bits per heavy atom. The molecule has 2 aromatic carbocycles. The number of benzene rings is 2. The third-order valence-corrected chi connectivity index (χ3v) is 8.78. The molecule has 1 aliphatic carbocycles. The molecule has 3 atom stereocenters. The third-order valence-electron chi connectivity index (χ3n) is 6.95.